The van der Waals surface area contributed by atoms with Crippen LogP contribution in [0.15, 0.2) is 42.5 Å². The highest BCUT2D eigenvalue weighted by Crippen LogP contribution is 2.37. The number of carbonyl (C=O) groups is 1. The lowest BCUT2D eigenvalue weighted by Gasteiger charge is -2.29. The molecule has 0 heterocycles. The maximum Gasteiger partial charge on any atom is 0.313 e. The first kappa shape index (κ1) is 14.1. The first-order chi connectivity index (χ1) is 10.3. The molecule has 0 aromatic heterocycles. The van der Waals surface area contributed by atoms with Crippen molar-refractivity contribution < 1.29 is 9.53 Å². The maximum atomic E-state index is 12.3. The lowest BCUT2D eigenvalue weighted by atomic mass is 9.76. The van der Waals surface area contributed by atoms with Crippen LogP contribution in [0.25, 0.3) is 10.8 Å². The minimum Gasteiger partial charge on any atom is -0.469 e. The second kappa shape index (κ2) is 6.30. The van der Waals surface area contributed by atoms with E-state index in [0.717, 1.165) is 18.4 Å². The predicted octanol–water partition coefficient (Wildman–Crippen LogP) is 4.68. The van der Waals surface area contributed by atoms with Crippen LogP contribution in [0.2, 0.25) is 0 Å². The van der Waals surface area contributed by atoms with Gasteiger partial charge in [0.1, 0.15) is 0 Å². The molecule has 2 nitrogen and oxygen atoms in total. The number of carbonyl (C=O) groups excluding carboxylic acids is 1. The van der Waals surface area contributed by atoms with Crippen molar-refractivity contribution in [3.8, 4) is 0 Å². The summed E-state index contributed by atoms with van der Waals surface area (Å²) in [5.74, 6) is 0.226. The van der Waals surface area contributed by atoms with Gasteiger partial charge in [-0.15, -0.1) is 0 Å². The van der Waals surface area contributed by atoms with E-state index in [2.05, 4.69) is 30.3 Å². The van der Waals surface area contributed by atoms with Gasteiger partial charge in [-0.1, -0.05) is 61.7 Å². The molecule has 0 bridgehead atoms. The Morgan fingerprint density at radius 3 is 2.48 bits per heavy atom. The number of rotatable bonds is 3. The number of ether oxygens (including phenoxy) is 1. The molecule has 1 fully saturated rings. The summed E-state index contributed by atoms with van der Waals surface area (Å²) in [6.07, 6.45) is 6.01. The molecule has 0 saturated heterocycles. The van der Waals surface area contributed by atoms with Crippen molar-refractivity contribution in [2.75, 3.05) is 7.11 Å². The SMILES string of the molecule is COC(=O)C(c1ccc2ccccc2c1)C1CCCCC1. The van der Waals surface area contributed by atoms with E-state index in [1.54, 1.807) is 0 Å². The summed E-state index contributed by atoms with van der Waals surface area (Å²) in [5, 5.41) is 2.41. The summed E-state index contributed by atoms with van der Waals surface area (Å²) in [6, 6.07) is 14.7. The molecule has 1 aliphatic rings. The zero-order valence-electron chi connectivity index (χ0n) is 12.5. The largest absolute Gasteiger partial charge is 0.469 e. The molecular formula is C19H22O2. The van der Waals surface area contributed by atoms with Crippen molar-refractivity contribution in [3.63, 3.8) is 0 Å². The molecule has 1 unspecified atom stereocenters. The van der Waals surface area contributed by atoms with Gasteiger partial charge < -0.3 is 4.74 Å². The Balaban J connectivity index is 1.98. The molecule has 0 spiro atoms. The normalized spacial score (nSPS) is 17.6. The van der Waals surface area contributed by atoms with Gasteiger partial charge in [-0.3, -0.25) is 4.79 Å². The van der Waals surface area contributed by atoms with E-state index < -0.39 is 0 Å². The molecule has 2 aromatic carbocycles. The Bertz CT molecular complexity index is 626. The number of fused-ring (bicyclic) bond motifs is 1. The summed E-state index contributed by atoms with van der Waals surface area (Å²) >= 11 is 0. The van der Waals surface area contributed by atoms with Crippen LogP contribution in [-0.4, -0.2) is 13.1 Å². The molecule has 3 rings (SSSR count). The van der Waals surface area contributed by atoms with Gasteiger partial charge in [0, 0.05) is 0 Å². The molecule has 21 heavy (non-hydrogen) atoms. The Hall–Kier alpha value is -1.83. The first-order valence-corrected chi connectivity index (χ1v) is 7.86. The number of hydrogen-bond acceptors (Lipinski definition) is 2. The van der Waals surface area contributed by atoms with E-state index in [9.17, 15) is 4.79 Å². The third-order valence-corrected chi connectivity index (χ3v) is 4.71. The average molecular weight is 282 g/mol. The minimum atomic E-state index is -0.111. The second-order valence-electron chi connectivity index (χ2n) is 6.01. The Morgan fingerprint density at radius 2 is 1.76 bits per heavy atom. The van der Waals surface area contributed by atoms with Crippen LogP contribution in [0.1, 0.15) is 43.6 Å². The lowest BCUT2D eigenvalue weighted by Crippen LogP contribution is -2.25. The van der Waals surface area contributed by atoms with Crippen LogP contribution in [-0.2, 0) is 9.53 Å². The fraction of sp³-hybridized carbons (Fsp3) is 0.421. The van der Waals surface area contributed by atoms with Gasteiger partial charge in [0.15, 0.2) is 0 Å². The minimum absolute atomic E-state index is 0.0859. The van der Waals surface area contributed by atoms with Crippen LogP contribution in [0.5, 0.6) is 0 Å². The third kappa shape index (κ3) is 2.94. The van der Waals surface area contributed by atoms with Crippen LogP contribution < -0.4 is 0 Å². The molecule has 1 atom stereocenters. The maximum absolute atomic E-state index is 12.3. The van der Waals surface area contributed by atoms with Crippen molar-refractivity contribution in [1.29, 1.82) is 0 Å². The van der Waals surface area contributed by atoms with Crippen LogP contribution in [0.4, 0.5) is 0 Å². The highest BCUT2D eigenvalue weighted by atomic mass is 16.5. The average Bonchev–Trinajstić information content (AvgIpc) is 2.56. The number of methoxy groups -OCH3 is 1. The fourth-order valence-corrected chi connectivity index (χ4v) is 3.60. The van der Waals surface area contributed by atoms with E-state index in [4.69, 9.17) is 4.74 Å². The molecule has 2 heteroatoms. The Morgan fingerprint density at radius 1 is 1.05 bits per heavy atom. The quantitative estimate of drug-likeness (QED) is 0.764. The highest BCUT2D eigenvalue weighted by Gasteiger charge is 2.31. The van der Waals surface area contributed by atoms with Gasteiger partial charge in [-0.05, 0) is 35.1 Å². The van der Waals surface area contributed by atoms with Crippen molar-refractivity contribution in [3.05, 3.63) is 48.0 Å². The number of benzene rings is 2. The van der Waals surface area contributed by atoms with E-state index in [1.807, 2.05) is 12.1 Å². The molecular weight excluding hydrogens is 260 g/mol. The zero-order valence-corrected chi connectivity index (χ0v) is 12.5. The van der Waals surface area contributed by atoms with Crippen molar-refractivity contribution in [2.24, 2.45) is 5.92 Å². The Kier molecular flexibility index (Phi) is 4.23. The lowest BCUT2D eigenvalue weighted by molar-refractivity contribution is -0.144. The summed E-state index contributed by atoms with van der Waals surface area (Å²) in [7, 11) is 1.50. The summed E-state index contributed by atoms with van der Waals surface area (Å²) < 4.78 is 5.09. The van der Waals surface area contributed by atoms with Gasteiger partial charge in [0.25, 0.3) is 0 Å². The molecule has 0 aliphatic heterocycles. The second-order valence-corrected chi connectivity index (χ2v) is 6.01. The van der Waals surface area contributed by atoms with Gasteiger partial charge in [0.05, 0.1) is 13.0 Å². The van der Waals surface area contributed by atoms with Gasteiger partial charge in [-0.2, -0.15) is 0 Å². The number of hydrogen-bond donors (Lipinski definition) is 0. The first-order valence-electron chi connectivity index (χ1n) is 7.86. The summed E-state index contributed by atoms with van der Waals surface area (Å²) in [6.45, 7) is 0. The van der Waals surface area contributed by atoms with Gasteiger partial charge in [-0.25, -0.2) is 0 Å². The standard InChI is InChI=1S/C19H22O2/c1-21-19(20)18(15-8-3-2-4-9-15)17-12-11-14-7-5-6-10-16(14)13-17/h5-7,10-13,15,18H,2-4,8-9H2,1H3. The number of esters is 1. The summed E-state index contributed by atoms with van der Waals surface area (Å²) in [4.78, 5) is 12.3. The molecule has 0 amide bonds. The van der Waals surface area contributed by atoms with E-state index in [1.165, 1.54) is 37.1 Å². The topological polar surface area (TPSA) is 26.3 Å². The molecule has 110 valence electrons. The van der Waals surface area contributed by atoms with Crippen LogP contribution in [0, 0.1) is 5.92 Å². The van der Waals surface area contributed by atoms with E-state index >= 15 is 0 Å². The molecule has 2 aromatic rings. The monoisotopic (exact) mass is 282 g/mol. The smallest absolute Gasteiger partial charge is 0.313 e. The molecule has 1 aliphatic carbocycles. The molecule has 0 radical (unpaired) electrons. The van der Waals surface area contributed by atoms with Gasteiger partial charge >= 0.3 is 5.97 Å². The fourth-order valence-electron chi connectivity index (χ4n) is 3.60. The molecule has 1 saturated carbocycles. The van der Waals surface area contributed by atoms with Crippen molar-refractivity contribution >= 4 is 16.7 Å². The summed E-state index contributed by atoms with van der Waals surface area (Å²) in [5.41, 5.74) is 1.10. The van der Waals surface area contributed by atoms with E-state index in [0.29, 0.717) is 5.92 Å². The van der Waals surface area contributed by atoms with Gasteiger partial charge in [0.2, 0.25) is 0 Å². The van der Waals surface area contributed by atoms with E-state index in [-0.39, 0.29) is 11.9 Å². The predicted molar refractivity (Wildman–Crippen MR) is 85.3 cm³/mol. The third-order valence-electron chi connectivity index (χ3n) is 4.71. The van der Waals surface area contributed by atoms with Crippen LogP contribution >= 0.6 is 0 Å². The van der Waals surface area contributed by atoms with Crippen molar-refractivity contribution in [1.82, 2.24) is 0 Å². The van der Waals surface area contributed by atoms with Crippen molar-refractivity contribution in [2.45, 2.75) is 38.0 Å². The van der Waals surface area contributed by atoms with Crippen LogP contribution in [0.3, 0.4) is 0 Å². The molecule has 0 N–H and O–H groups in total. The zero-order chi connectivity index (χ0) is 14.7. The Labute approximate surface area is 126 Å². The highest BCUT2D eigenvalue weighted by molar-refractivity contribution is 5.86.